The van der Waals surface area contributed by atoms with Crippen LogP contribution in [0.15, 0.2) is 41.9 Å². The van der Waals surface area contributed by atoms with Crippen LogP contribution in [-0.4, -0.2) is 16.2 Å². The van der Waals surface area contributed by atoms with Crippen LogP contribution in [-0.2, 0) is 7.05 Å². The fraction of sp³-hybridized carbons (Fsp3) is 0.167. The molecule has 0 amide bonds. The van der Waals surface area contributed by atoms with Crippen LogP contribution in [0.2, 0.25) is 0 Å². The topological polar surface area (TPSA) is 29.3 Å². The lowest BCUT2D eigenvalue weighted by Gasteiger charge is -1.98. The SMILES string of the molecule is C=CCNC(=S)/N=c1\sc2ccccc2n1C. The molecule has 1 heterocycles. The minimum Gasteiger partial charge on any atom is -0.357 e. The van der Waals surface area contributed by atoms with E-state index in [4.69, 9.17) is 12.2 Å². The summed E-state index contributed by atoms with van der Waals surface area (Å²) in [7, 11) is 1.99. The van der Waals surface area contributed by atoms with Gasteiger partial charge in [0.15, 0.2) is 9.91 Å². The van der Waals surface area contributed by atoms with E-state index >= 15 is 0 Å². The van der Waals surface area contributed by atoms with Crippen LogP contribution in [0.25, 0.3) is 10.2 Å². The van der Waals surface area contributed by atoms with Crippen LogP contribution < -0.4 is 10.1 Å². The Morgan fingerprint density at radius 2 is 2.35 bits per heavy atom. The number of rotatable bonds is 2. The minimum absolute atomic E-state index is 0.493. The monoisotopic (exact) mass is 263 g/mol. The van der Waals surface area contributed by atoms with Gasteiger partial charge in [0.1, 0.15) is 0 Å². The van der Waals surface area contributed by atoms with Gasteiger partial charge in [0, 0.05) is 13.6 Å². The Kier molecular flexibility index (Phi) is 3.71. The number of nitrogens with zero attached hydrogens (tertiary/aromatic N) is 2. The van der Waals surface area contributed by atoms with Gasteiger partial charge in [-0.2, -0.15) is 4.99 Å². The highest BCUT2D eigenvalue weighted by molar-refractivity contribution is 7.80. The molecule has 17 heavy (non-hydrogen) atoms. The fourth-order valence-corrected chi connectivity index (χ4v) is 2.73. The van der Waals surface area contributed by atoms with Gasteiger partial charge in [-0.3, -0.25) is 0 Å². The van der Waals surface area contributed by atoms with E-state index in [-0.39, 0.29) is 0 Å². The van der Waals surface area contributed by atoms with Gasteiger partial charge in [0.05, 0.1) is 10.2 Å². The summed E-state index contributed by atoms with van der Waals surface area (Å²) in [6.07, 6.45) is 1.76. The summed E-state index contributed by atoms with van der Waals surface area (Å²) in [5.74, 6) is 0. The quantitative estimate of drug-likeness (QED) is 0.665. The molecule has 0 fully saturated rings. The number of hydrogen-bond donors (Lipinski definition) is 1. The number of aryl methyl sites for hydroxylation is 1. The van der Waals surface area contributed by atoms with Crippen molar-refractivity contribution in [1.29, 1.82) is 0 Å². The molecular weight excluding hydrogens is 250 g/mol. The second kappa shape index (κ2) is 5.25. The van der Waals surface area contributed by atoms with Gasteiger partial charge in [-0.1, -0.05) is 29.5 Å². The summed E-state index contributed by atoms with van der Waals surface area (Å²) < 4.78 is 3.25. The van der Waals surface area contributed by atoms with Gasteiger partial charge in [0.2, 0.25) is 0 Å². The molecule has 0 bridgehead atoms. The molecule has 0 atom stereocenters. The normalized spacial score (nSPS) is 11.7. The van der Waals surface area contributed by atoms with E-state index in [2.05, 4.69) is 29.0 Å². The highest BCUT2D eigenvalue weighted by Gasteiger charge is 2.01. The van der Waals surface area contributed by atoms with Crippen LogP contribution in [0, 0.1) is 0 Å². The Hall–Kier alpha value is -1.46. The molecule has 0 aliphatic heterocycles. The average molecular weight is 263 g/mol. The van der Waals surface area contributed by atoms with E-state index in [1.54, 1.807) is 17.4 Å². The lowest BCUT2D eigenvalue weighted by atomic mass is 10.3. The number of para-hydroxylation sites is 1. The van der Waals surface area contributed by atoms with Crippen LogP contribution in [0.3, 0.4) is 0 Å². The van der Waals surface area contributed by atoms with E-state index < -0.39 is 0 Å². The number of nitrogens with one attached hydrogen (secondary N) is 1. The maximum Gasteiger partial charge on any atom is 0.195 e. The predicted molar refractivity (Wildman–Crippen MR) is 77.2 cm³/mol. The van der Waals surface area contributed by atoms with Crippen molar-refractivity contribution in [2.45, 2.75) is 0 Å². The highest BCUT2D eigenvalue weighted by Crippen LogP contribution is 2.14. The molecule has 0 radical (unpaired) electrons. The van der Waals surface area contributed by atoms with Crippen LogP contribution in [0.1, 0.15) is 0 Å². The summed E-state index contributed by atoms with van der Waals surface area (Å²) in [6, 6.07) is 8.20. The first kappa shape index (κ1) is 12.0. The van der Waals surface area contributed by atoms with E-state index in [9.17, 15) is 0 Å². The zero-order valence-electron chi connectivity index (χ0n) is 9.51. The smallest absolute Gasteiger partial charge is 0.195 e. The maximum absolute atomic E-state index is 5.13. The first-order valence-corrected chi connectivity index (χ1v) is 6.43. The second-order valence-electron chi connectivity index (χ2n) is 3.50. The molecule has 0 saturated carbocycles. The molecule has 0 unspecified atom stereocenters. The molecule has 1 aromatic carbocycles. The molecule has 2 rings (SSSR count). The standard InChI is InChI=1S/C12H13N3S2/c1-3-8-13-11(16)14-12-15(2)9-6-4-5-7-10(9)17-12/h3-7H,1,8H2,2H3,(H,13,16)/b14-12-. The number of fused-ring (bicyclic) bond motifs is 1. The third-order valence-corrected chi connectivity index (χ3v) is 3.66. The Balaban J connectivity index is 2.41. The van der Waals surface area contributed by atoms with Gasteiger partial charge in [-0.15, -0.1) is 6.58 Å². The third kappa shape index (κ3) is 2.62. The molecule has 0 aliphatic carbocycles. The number of hydrogen-bond acceptors (Lipinski definition) is 2. The summed E-state index contributed by atoms with van der Waals surface area (Å²) in [4.78, 5) is 5.28. The number of aromatic nitrogens is 1. The summed E-state index contributed by atoms with van der Waals surface area (Å²) in [6.45, 7) is 4.26. The first-order valence-electron chi connectivity index (χ1n) is 5.20. The molecule has 5 heteroatoms. The van der Waals surface area contributed by atoms with Crippen molar-refractivity contribution in [2.75, 3.05) is 6.54 Å². The van der Waals surface area contributed by atoms with Gasteiger partial charge < -0.3 is 9.88 Å². The molecule has 88 valence electrons. The van der Waals surface area contributed by atoms with Crippen LogP contribution >= 0.6 is 23.6 Å². The lowest BCUT2D eigenvalue weighted by Crippen LogP contribution is -2.23. The molecule has 1 N–H and O–H groups in total. The summed E-state index contributed by atoms with van der Waals surface area (Å²) in [5, 5.41) is 3.49. The lowest BCUT2D eigenvalue weighted by molar-refractivity contribution is 0.910. The molecule has 0 spiro atoms. The molecule has 1 aromatic heterocycles. The van der Waals surface area contributed by atoms with Crippen molar-refractivity contribution in [3.63, 3.8) is 0 Å². The zero-order chi connectivity index (χ0) is 12.3. The number of thiocarbonyl (C=S) groups is 1. The van der Waals surface area contributed by atoms with Crippen molar-refractivity contribution >= 4 is 38.9 Å². The van der Waals surface area contributed by atoms with Crippen molar-refractivity contribution in [2.24, 2.45) is 12.0 Å². The van der Waals surface area contributed by atoms with E-state index in [0.717, 1.165) is 4.80 Å². The highest BCUT2D eigenvalue weighted by atomic mass is 32.1. The second-order valence-corrected chi connectivity index (χ2v) is 4.89. The van der Waals surface area contributed by atoms with Crippen molar-refractivity contribution in [3.05, 3.63) is 41.7 Å². The average Bonchev–Trinajstić information content (AvgIpc) is 2.64. The molecule has 3 nitrogen and oxygen atoms in total. The van der Waals surface area contributed by atoms with Crippen molar-refractivity contribution in [3.8, 4) is 0 Å². The Labute approximate surface area is 109 Å². The molecule has 0 saturated heterocycles. The number of thiazole rings is 1. The zero-order valence-corrected chi connectivity index (χ0v) is 11.1. The minimum atomic E-state index is 0.493. The van der Waals surface area contributed by atoms with E-state index in [1.165, 1.54) is 10.2 Å². The van der Waals surface area contributed by atoms with Crippen molar-refractivity contribution in [1.82, 2.24) is 9.88 Å². The summed E-state index contributed by atoms with van der Waals surface area (Å²) >= 11 is 6.76. The third-order valence-electron chi connectivity index (χ3n) is 2.31. The molecule has 2 aromatic rings. The van der Waals surface area contributed by atoms with Crippen LogP contribution in [0.4, 0.5) is 0 Å². The van der Waals surface area contributed by atoms with E-state index in [0.29, 0.717) is 11.7 Å². The fourth-order valence-electron chi connectivity index (χ4n) is 1.47. The number of benzene rings is 1. The van der Waals surface area contributed by atoms with Crippen molar-refractivity contribution < 1.29 is 0 Å². The molecule has 0 aliphatic rings. The van der Waals surface area contributed by atoms with E-state index in [1.807, 2.05) is 23.7 Å². The Morgan fingerprint density at radius 3 is 3.06 bits per heavy atom. The van der Waals surface area contributed by atoms with Gasteiger partial charge in [-0.25, -0.2) is 0 Å². The largest absolute Gasteiger partial charge is 0.357 e. The Bertz CT molecular complexity index is 622. The Morgan fingerprint density at radius 1 is 1.59 bits per heavy atom. The molecular formula is C12H13N3S2. The predicted octanol–water partition coefficient (Wildman–Crippen LogP) is 2.20. The first-order chi connectivity index (χ1) is 8.22. The van der Waals surface area contributed by atoms with Gasteiger partial charge >= 0.3 is 0 Å². The maximum atomic E-state index is 5.13. The van der Waals surface area contributed by atoms with Gasteiger partial charge in [0.25, 0.3) is 0 Å². The van der Waals surface area contributed by atoms with Gasteiger partial charge in [-0.05, 0) is 24.4 Å². The van der Waals surface area contributed by atoms with Crippen LogP contribution in [0.5, 0.6) is 0 Å². The summed E-state index contributed by atoms with van der Waals surface area (Å²) in [5.41, 5.74) is 1.17.